The number of nitrogens with zero attached hydrogens (tertiary/aromatic N) is 1. The molecule has 2 aromatic carbocycles. The SMILES string of the molecule is N#Cc1ccc(F)c(CNc2ccc(I)cc2Cl)c1. The molecule has 1 N–H and O–H groups in total. The van der Waals surface area contributed by atoms with Gasteiger partial charge < -0.3 is 5.32 Å². The number of anilines is 1. The van der Waals surface area contributed by atoms with Crippen LogP contribution in [0.4, 0.5) is 10.1 Å². The van der Waals surface area contributed by atoms with Crippen LogP contribution in [0, 0.1) is 20.7 Å². The molecule has 0 spiro atoms. The van der Waals surface area contributed by atoms with Crippen LogP contribution in [0.15, 0.2) is 36.4 Å². The normalized spacial score (nSPS) is 10.0. The van der Waals surface area contributed by atoms with E-state index in [1.165, 1.54) is 18.2 Å². The van der Waals surface area contributed by atoms with Gasteiger partial charge in [-0.1, -0.05) is 11.6 Å². The maximum atomic E-state index is 13.6. The predicted octanol–water partition coefficient (Wildman–Crippen LogP) is 4.57. The maximum Gasteiger partial charge on any atom is 0.128 e. The molecule has 2 nitrogen and oxygen atoms in total. The topological polar surface area (TPSA) is 35.8 Å². The first-order valence-electron chi connectivity index (χ1n) is 5.47. The lowest BCUT2D eigenvalue weighted by atomic mass is 10.1. The molecule has 2 rings (SSSR count). The van der Waals surface area contributed by atoms with E-state index >= 15 is 0 Å². The summed E-state index contributed by atoms with van der Waals surface area (Å²) >= 11 is 8.25. The molecule has 96 valence electrons. The lowest BCUT2D eigenvalue weighted by molar-refractivity contribution is 0.612. The van der Waals surface area contributed by atoms with E-state index in [2.05, 4.69) is 27.9 Å². The fourth-order valence-corrected chi connectivity index (χ4v) is 2.53. The van der Waals surface area contributed by atoms with Gasteiger partial charge >= 0.3 is 0 Å². The smallest absolute Gasteiger partial charge is 0.128 e. The zero-order chi connectivity index (χ0) is 13.8. The highest BCUT2D eigenvalue weighted by molar-refractivity contribution is 14.1. The van der Waals surface area contributed by atoms with Gasteiger partial charge in [-0.05, 0) is 59.0 Å². The summed E-state index contributed by atoms with van der Waals surface area (Å²) in [6, 6.07) is 11.9. The highest BCUT2D eigenvalue weighted by Gasteiger charge is 2.05. The summed E-state index contributed by atoms with van der Waals surface area (Å²) in [5, 5.41) is 12.4. The van der Waals surface area contributed by atoms with Gasteiger partial charge in [-0.25, -0.2) is 4.39 Å². The van der Waals surface area contributed by atoms with Crippen molar-refractivity contribution in [2.45, 2.75) is 6.54 Å². The summed E-state index contributed by atoms with van der Waals surface area (Å²) < 4.78 is 14.6. The number of hydrogen-bond donors (Lipinski definition) is 1. The Morgan fingerprint density at radius 3 is 2.74 bits per heavy atom. The fraction of sp³-hybridized carbons (Fsp3) is 0.0714. The van der Waals surface area contributed by atoms with Crippen LogP contribution in [-0.2, 0) is 6.54 Å². The summed E-state index contributed by atoms with van der Waals surface area (Å²) in [5.41, 5.74) is 1.62. The number of halogens is 3. The molecule has 0 aliphatic carbocycles. The second-order valence-corrected chi connectivity index (χ2v) is 5.55. The van der Waals surface area contributed by atoms with E-state index in [-0.39, 0.29) is 12.4 Å². The van der Waals surface area contributed by atoms with Crippen molar-refractivity contribution in [2.75, 3.05) is 5.32 Å². The van der Waals surface area contributed by atoms with Crippen molar-refractivity contribution in [1.82, 2.24) is 0 Å². The molecule has 0 aliphatic rings. The summed E-state index contributed by atoms with van der Waals surface area (Å²) in [6.07, 6.45) is 0. The van der Waals surface area contributed by atoms with Gasteiger partial charge in [0.1, 0.15) is 5.82 Å². The maximum absolute atomic E-state index is 13.6. The van der Waals surface area contributed by atoms with Gasteiger partial charge in [-0.2, -0.15) is 5.26 Å². The number of hydrogen-bond acceptors (Lipinski definition) is 2. The van der Waals surface area contributed by atoms with Crippen LogP contribution in [-0.4, -0.2) is 0 Å². The monoisotopic (exact) mass is 386 g/mol. The Kier molecular flexibility index (Phi) is 4.61. The van der Waals surface area contributed by atoms with Gasteiger partial charge in [0.05, 0.1) is 22.3 Å². The van der Waals surface area contributed by atoms with Crippen LogP contribution in [0.1, 0.15) is 11.1 Å². The highest BCUT2D eigenvalue weighted by atomic mass is 127. The largest absolute Gasteiger partial charge is 0.380 e. The van der Waals surface area contributed by atoms with Crippen LogP contribution < -0.4 is 5.32 Å². The van der Waals surface area contributed by atoms with Crippen molar-refractivity contribution in [3.05, 3.63) is 61.9 Å². The molecule has 0 saturated carbocycles. The zero-order valence-electron chi connectivity index (χ0n) is 9.75. The minimum Gasteiger partial charge on any atom is -0.380 e. The Hall–Kier alpha value is -1.32. The second-order valence-electron chi connectivity index (χ2n) is 3.90. The second kappa shape index (κ2) is 6.22. The number of rotatable bonds is 3. The molecule has 0 atom stereocenters. The lowest BCUT2D eigenvalue weighted by Crippen LogP contribution is -2.03. The molecule has 0 aliphatic heterocycles. The molecular weight excluding hydrogens is 378 g/mol. The minimum absolute atomic E-state index is 0.279. The van der Waals surface area contributed by atoms with Crippen molar-refractivity contribution >= 4 is 39.9 Å². The first-order valence-corrected chi connectivity index (χ1v) is 6.93. The van der Waals surface area contributed by atoms with Crippen LogP contribution >= 0.6 is 34.2 Å². The molecule has 2 aromatic rings. The van der Waals surface area contributed by atoms with Gasteiger partial charge in [0.25, 0.3) is 0 Å². The predicted molar refractivity (Wildman–Crippen MR) is 82.6 cm³/mol. The van der Waals surface area contributed by atoms with E-state index < -0.39 is 0 Å². The molecule has 19 heavy (non-hydrogen) atoms. The number of nitriles is 1. The molecule has 0 heterocycles. The van der Waals surface area contributed by atoms with E-state index in [1.54, 1.807) is 0 Å². The Bertz CT molecular complexity index is 652. The van der Waals surface area contributed by atoms with Crippen LogP contribution in [0.3, 0.4) is 0 Å². The Labute approximate surface area is 129 Å². The van der Waals surface area contributed by atoms with Crippen LogP contribution in [0.2, 0.25) is 5.02 Å². The fourth-order valence-electron chi connectivity index (χ4n) is 1.60. The molecule has 0 aromatic heterocycles. The van der Waals surface area contributed by atoms with E-state index in [4.69, 9.17) is 16.9 Å². The Morgan fingerprint density at radius 2 is 2.05 bits per heavy atom. The van der Waals surface area contributed by atoms with Gasteiger partial charge in [0.2, 0.25) is 0 Å². The summed E-state index contributed by atoms with van der Waals surface area (Å²) in [4.78, 5) is 0. The third kappa shape index (κ3) is 3.58. The van der Waals surface area contributed by atoms with Crippen LogP contribution in [0.25, 0.3) is 0 Å². The van der Waals surface area contributed by atoms with E-state index in [9.17, 15) is 4.39 Å². The van der Waals surface area contributed by atoms with Crippen molar-refractivity contribution < 1.29 is 4.39 Å². The Balaban J connectivity index is 2.16. The minimum atomic E-state index is -0.340. The molecule has 0 radical (unpaired) electrons. The van der Waals surface area contributed by atoms with E-state index in [1.807, 2.05) is 24.3 Å². The van der Waals surface area contributed by atoms with Crippen LogP contribution in [0.5, 0.6) is 0 Å². The van der Waals surface area contributed by atoms with Gasteiger partial charge in [0.15, 0.2) is 0 Å². The molecule has 0 bridgehead atoms. The number of benzene rings is 2. The first-order chi connectivity index (χ1) is 9.10. The van der Waals surface area contributed by atoms with E-state index in [0.717, 1.165) is 9.26 Å². The average Bonchev–Trinajstić information content (AvgIpc) is 2.39. The summed E-state index contributed by atoms with van der Waals surface area (Å²) in [6.45, 7) is 0.279. The summed E-state index contributed by atoms with van der Waals surface area (Å²) in [5.74, 6) is -0.340. The first kappa shape index (κ1) is 14.1. The zero-order valence-corrected chi connectivity index (χ0v) is 12.7. The highest BCUT2D eigenvalue weighted by Crippen LogP contribution is 2.24. The average molecular weight is 387 g/mol. The molecule has 0 saturated heterocycles. The third-order valence-electron chi connectivity index (χ3n) is 2.58. The third-order valence-corrected chi connectivity index (χ3v) is 3.56. The van der Waals surface area contributed by atoms with Crippen molar-refractivity contribution in [1.29, 1.82) is 5.26 Å². The van der Waals surface area contributed by atoms with Crippen molar-refractivity contribution in [3.8, 4) is 6.07 Å². The standard InChI is InChI=1S/C14H9ClFIN2/c15-12-6-11(17)2-4-14(12)19-8-10-5-9(7-18)1-3-13(10)16/h1-6,19H,8H2. The summed E-state index contributed by atoms with van der Waals surface area (Å²) in [7, 11) is 0. The molecular formula is C14H9ClFIN2. The quantitative estimate of drug-likeness (QED) is 0.785. The molecule has 5 heteroatoms. The Morgan fingerprint density at radius 1 is 1.26 bits per heavy atom. The number of nitrogens with one attached hydrogen (secondary N) is 1. The molecule has 0 fully saturated rings. The van der Waals surface area contributed by atoms with E-state index in [0.29, 0.717) is 16.1 Å². The van der Waals surface area contributed by atoms with Crippen molar-refractivity contribution in [2.24, 2.45) is 0 Å². The molecule has 0 amide bonds. The molecule has 0 unspecified atom stereocenters. The van der Waals surface area contributed by atoms with Crippen molar-refractivity contribution in [3.63, 3.8) is 0 Å². The van der Waals surface area contributed by atoms with Gasteiger partial charge in [-0.3, -0.25) is 0 Å². The van der Waals surface area contributed by atoms with Gasteiger partial charge in [-0.15, -0.1) is 0 Å². The van der Waals surface area contributed by atoms with Gasteiger partial charge in [0, 0.05) is 15.7 Å². The lowest BCUT2D eigenvalue weighted by Gasteiger charge is -2.09.